The van der Waals surface area contributed by atoms with Gasteiger partial charge in [0.1, 0.15) is 0 Å². The number of nitrogen functional groups attached to an aromatic ring is 1. The highest BCUT2D eigenvalue weighted by atomic mass is 32.2. The first kappa shape index (κ1) is 16.7. The number of nitrogens with one attached hydrogen (secondary N) is 1. The summed E-state index contributed by atoms with van der Waals surface area (Å²) in [4.78, 5) is 2.26. The van der Waals surface area contributed by atoms with Gasteiger partial charge in [0.05, 0.1) is 4.90 Å². The van der Waals surface area contributed by atoms with Crippen molar-refractivity contribution in [3.63, 3.8) is 0 Å². The molecule has 1 rings (SSSR count). The van der Waals surface area contributed by atoms with E-state index in [0.29, 0.717) is 24.0 Å². The lowest BCUT2D eigenvalue weighted by molar-refractivity contribution is 0.261. The summed E-state index contributed by atoms with van der Waals surface area (Å²) in [7, 11) is -1.68. The molecule has 0 aliphatic rings. The quantitative estimate of drug-likeness (QED) is 0.654. The van der Waals surface area contributed by atoms with Crippen molar-refractivity contribution in [3.8, 4) is 0 Å². The van der Waals surface area contributed by atoms with E-state index in [9.17, 15) is 8.42 Å². The number of anilines is 2. The zero-order valence-corrected chi connectivity index (χ0v) is 13.1. The van der Waals surface area contributed by atoms with Crippen molar-refractivity contribution in [1.82, 2.24) is 4.90 Å². The van der Waals surface area contributed by atoms with Crippen LogP contribution < -0.4 is 16.2 Å². The Morgan fingerprint density at radius 2 is 2.00 bits per heavy atom. The molecule has 0 saturated carbocycles. The first-order valence-corrected chi connectivity index (χ1v) is 8.16. The van der Waals surface area contributed by atoms with Crippen LogP contribution in [-0.2, 0) is 10.0 Å². The lowest BCUT2D eigenvalue weighted by Gasteiger charge is -2.23. The third-order valence-corrected chi connectivity index (χ3v) is 4.29. The maximum Gasteiger partial charge on any atom is 0.238 e. The monoisotopic (exact) mass is 300 g/mol. The Morgan fingerprint density at radius 3 is 2.55 bits per heavy atom. The minimum absolute atomic E-state index is 0.0234. The molecule has 1 aromatic rings. The van der Waals surface area contributed by atoms with Crippen LogP contribution in [0.1, 0.15) is 20.3 Å². The van der Waals surface area contributed by atoms with E-state index < -0.39 is 10.0 Å². The van der Waals surface area contributed by atoms with Crippen LogP contribution >= 0.6 is 0 Å². The number of hydrogen-bond acceptors (Lipinski definition) is 5. The minimum Gasteiger partial charge on any atom is -0.399 e. The molecular formula is C13H24N4O2S. The van der Waals surface area contributed by atoms with Crippen LogP contribution in [0.5, 0.6) is 0 Å². The number of rotatable bonds is 7. The molecule has 0 aromatic heterocycles. The number of nitrogens with zero attached hydrogens (tertiary/aromatic N) is 1. The third kappa shape index (κ3) is 4.99. The van der Waals surface area contributed by atoms with Crippen molar-refractivity contribution in [3.05, 3.63) is 18.2 Å². The minimum atomic E-state index is -3.74. The molecule has 1 aromatic carbocycles. The van der Waals surface area contributed by atoms with Gasteiger partial charge in [0.2, 0.25) is 10.0 Å². The molecule has 0 amide bonds. The average Bonchev–Trinajstić information content (AvgIpc) is 2.36. The highest BCUT2D eigenvalue weighted by Crippen LogP contribution is 2.19. The van der Waals surface area contributed by atoms with Gasteiger partial charge in [0.25, 0.3) is 0 Å². The van der Waals surface area contributed by atoms with Gasteiger partial charge in [-0.25, -0.2) is 13.6 Å². The van der Waals surface area contributed by atoms with E-state index in [2.05, 4.69) is 31.1 Å². The largest absolute Gasteiger partial charge is 0.399 e. The summed E-state index contributed by atoms with van der Waals surface area (Å²) in [6.07, 6.45) is 1.09. The highest BCUT2D eigenvalue weighted by Gasteiger charge is 2.10. The fourth-order valence-corrected chi connectivity index (χ4v) is 2.39. The van der Waals surface area contributed by atoms with Crippen molar-refractivity contribution in [2.24, 2.45) is 5.14 Å². The summed E-state index contributed by atoms with van der Waals surface area (Å²) in [6, 6.07) is 5.05. The zero-order chi connectivity index (χ0) is 15.3. The molecular weight excluding hydrogens is 276 g/mol. The summed E-state index contributed by atoms with van der Waals surface area (Å²) in [5.74, 6) is 0. The lowest BCUT2D eigenvalue weighted by atomic mass is 10.2. The second kappa shape index (κ2) is 6.92. The molecule has 0 fully saturated rings. The van der Waals surface area contributed by atoms with Crippen LogP contribution in [0.2, 0.25) is 0 Å². The van der Waals surface area contributed by atoms with Gasteiger partial charge in [-0.2, -0.15) is 0 Å². The fraction of sp³-hybridized carbons (Fsp3) is 0.538. The van der Waals surface area contributed by atoms with Crippen molar-refractivity contribution >= 4 is 21.4 Å². The van der Waals surface area contributed by atoms with Crippen molar-refractivity contribution in [2.75, 3.05) is 31.2 Å². The summed E-state index contributed by atoms with van der Waals surface area (Å²) in [5, 5.41) is 8.28. The van der Waals surface area contributed by atoms with Crippen molar-refractivity contribution in [2.45, 2.75) is 31.2 Å². The summed E-state index contributed by atoms with van der Waals surface area (Å²) in [6.45, 7) is 5.87. The molecule has 6 nitrogen and oxygen atoms in total. The van der Waals surface area contributed by atoms with E-state index in [4.69, 9.17) is 10.9 Å². The van der Waals surface area contributed by atoms with Crippen LogP contribution in [0.4, 0.5) is 11.4 Å². The first-order valence-electron chi connectivity index (χ1n) is 6.61. The second-order valence-electron chi connectivity index (χ2n) is 5.00. The first-order chi connectivity index (χ1) is 9.24. The fourth-order valence-electron chi connectivity index (χ4n) is 1.80. The van der Waals surface area contributed by atoms with Gasteiger partial charge in [-0.3, -0.25) is 0 Å². The van der Waals surface area contributed by atoms with Crippen LogP contribution in [0.3, 0.4) is 0 Å². The van der Waals surface area contributed by atoms with Crippen LogP contribution in [-0.4, -0.2) is 39.5 Å². The van der Waals surface area contributed by atoms with Crippen LogP contribution in [0, 0.1) is 0 Å². The molecule has 20 heavy (non-hydrogen) atoms. The number of benzene rings is 1. The molecule has 114 valence electrons. The molecule has 0 heterocycles. The molecule has 1 atom stereocenters. The third-order valence-electron chi connectivity index (χ3n) is 3.39. The van der Waals surface area contributed by atoms with Gasteiger partial charge in [0.15, 0.2) is 0 Å². The number of primary sulfonamides is 1. The average molecular weight is 300 g/mol. The van der Waals surface area contributed by atoms with Crippen molar-refractivity contribution < 1.29 is 8.42 Å². The number of nitrogens with two attached hydrogens (primary N) is 2. The molecule has 0 radical (unpaired) electrons. The van der Waals surface area contributed by atoms with Gasteiger partial charge < -0.3 is 16.0 Å². The normalized spacial score (nSPS) is 13.4. The highest BCUT2D eigenvalue weighted by molar-refractivity contribution is 7.89. The number of sulfonamides is 1. The smallest absolute Gasteiger partial charge is 0.238 e. The molecule has 1 unspecified atom stereocenters. The Balaban J connectivity index is 2.67. The Labute approximate surface area is 121 Å². The van der Waals surface area contributed by atoms with Crippen LogP contribution in [0.25, 0.3) is 0 Å². The summed E-state index contributed by atoms with van der Waals surface area (Å²) >= 11 is 0. The number of hydrogen-bond donors (Lipinski definition) is 3. The van der Waals surface area contributed by atoms with Gasteiger partial charge in [-0.05, 0) is 38.6 Å². The van der Waals surface area contributed by atoms with Gasteiger partial charge in [-0.15, -0.1) is 0 Å². The molecule has 7 heteroatoms. The molecule has 0 aliphatic heterocycles. The molecule has 0 saturated heterocycles. The maximum absolute atomic E-state index is 11.3. The lowest BCUT2D eigenvalue weighted by Crippen LogP contribution is -2.32. The van der Waals surface area contributed by atoms with Gasteiger partial charge >= 0.3 is 0 Å². The number of likely N-dealkylation sites (N-methyl/N-ethyl adjacent to an activating group) is 1. The summed E-state index contributed by atoms with van der Waals surface area (Å²) in [5.41, 5.74) is 6.72. The summed E-state index contributed by atoms with van der Waals surface area (Å²) < 4.78 is 22.7. The Hall–Kier alpha value is -1.31. The van der Waals surface area contributed by atoms with E-state index >= 15 is 0 Å². The second-order valence-corrected chi connectivity index (χ2v) is 6.56. The predicted octanol–water partition coefficient (Wildman–Crippen LogP) is 1.06. The van der Waals surface area contributed by atoms with E-state index in [1.54, 1.807) is 6.07 Å². The van der Waals surface area contributed by atoms with E-state index in [1.165, 1.54) is 12.1 Å². The van der Waals surface area contributed by atoms with Crippen LogP contribution in [0.15, 0.2) is 23.1 Å². The van der Waals surface area contributed by atoms with E-state index in [0.717, 1.165) is 13.0 Å². The Morgan fingerprint density at radius 1 is 1.35 bits per heavy atom. The topological polar surface area (TPSA) is 101 Å². The van der Waals surface area contributed by atoms with E-state index in [1.807, 2.05) is 0 Å². The van der Waals surface area contributed by atoms with E-state index in [-0.39, 0.29) is 4.90 Å². The maximum atomic E-state index is 11.3. The standard InChI is InChI=1S/C13H24N4O2S/c1-4-10(2)17(3)6-5-16-12-7-11(14)8-13(9-12)20(15,18)19/h7-10,16H,4-6,14H2,1-3H3,(H2,15,18,19). The molecule has 0 bridgehead atoms. The molecule has 0 aliphatic carbocycles. The van der Waals surface area contributed by atoms with Crippen molar-refractivity contribution in [1.29, 1.82) is 0 Å². The molecule has 5 N–H and O–H groups in total. The predicted molar refractivity (Wildman–Crippen MR) is 83.1 cm³/mol. The van der Waals surface area contributed by atoms with Gasteiger partial charge in [-0.1, -0.05) is 6.92 Å². The SMILES string of the molecule is CCC(C)N(C)CCNc1cc(N)cc(S(N)(=O)=O)c1. The zero-order valence-electron chi connectivity index (χ0n) is 12.3. The Bertz CT molecular complexity index is 545. The van der Waals surface area contributed by atoms with Gasteiger partial charge in [0, 0.05) is 30.5 Å². The Kier molecular flexibility index (Phi) is 5.79. The molecule has 0 spiro atoms.